The average molecular weight is 400 g/mol. The van der Waals surface area contributed by atoms with E-state index in [9.17, 15) is 10.1 Å². The number of nitrogens with one attached hydrogen (secondary N) is 2. The number of nitrogens with zero attached hydrogens (tertiary/aromatic N) is 2. The van der Waals surface area contributed by atoms with Gasteiger partial charge in [-0.3, -0.25) is 10.2 Å². The van der Waals surface area contributed by atoms with Gasteiger partial charge in [-0.05, 0) is 39.6 Å². The normalized spacial score (nSPS) is 20.8. The van der Waals surface area contributed by atoms with Crippen LogP contribution in [0.4, 0.5) is 0 Å². The second-order valence-electron chi connectivity index (χ2n) is 9.07. The van der Waals surface area contributed by atoms with Gasteiger partial charge in [0, 0.05) is 19.1 Å². The first kappa shape index (κ1) is 25.2. The van der Waals surface area contributed by atoms with Crippen LogP contribution in [0.15, 0.2) is 36.5 Å². The fourth-order valence-corrected chi connectivity index (χ4v) is 3.52. The fraction of sp³-hybridized carbons (Fsp3) is 0.636. The molecule has 0 radical (unpaired) electrons. The molecular formula is C22H37BN4O2. The van der Waals surface area contributed by atoms with Crippen LogP contribution in [0.1, 0.15) is 41.5 Å². The number of hydrogen-bond donors (Lipinski definition) is 2. The molecule has 0 aromatic rings. The van der Waals surface area contributed by atoms with E-state index in [0.717, 1.165) is 0 Å². The molecule has 29 heavy (non-hydrogen) atoms. The highest BCUT2D eigenvalue weighted by atomic mass is 16.5. The summed E-state index contributed by atoms with van der Waals surface area (Å²) >= 11 is 0. The molecule has 0 aromatic heterocycles. The largest absolute Gasteiger partial charge is 0.378 e. The van der Waals surface area contributed by atoms with Gasteiger partial charge < -0.3 is 10.1 Å². The molecule has 2 N–H and O–H groups in total. The van der Waals surface area contributed by atoms with Crippen LogP contribution in [0, 0.1) is 16.6 Å². The predicted octanol–water partition coefficient (Wildman–Crippen LogP) is 2.92. The lowest BCUT2D eigenvalue weighted by Gasteiger charge is -2.33. The Hall–Kier alpha value is -1.88. The van der Waals surface area contributed by atoms with Crippen LogP contribution in [0.3, 0.4) is 0 Å². The quantitative estimate of drug-likeness (QED) is 0.354. The van der Waals surface area contributed by atoms with Crippen molar-refractivity contribution >= 4 is 12.6 Å². The number of rotatable bonds is 9. The molecule has 0 aromatic carbocycles. The van der Waals surface area contributed by atoms with E-state index in [1.807, 2.05) is 83.0 Å². The molecule has 0 saturated carbocycles. The maximum atomic E-state index is 12.9. The summed E-state index contributed by atoms with van der Waals surface area (Å²) in [5.41, 5.74) is 2.36. The summed E-state index contributed by atoms with van der Waals surface area (Å²) in [6.07, 6.45) is 12.3. The smallest absolute Gasteiger partial charge is 0.304 e. The van der Waals surface area contributed by atoms with Crippen LogP contribution in [-0.2, 0) is 9.53 Å². The summed E-state index contributed by atoms with van der Waals surface area (Å²) in [6.45, 7) is 12.9. The van der Waals surface area contributed by atoms with Crippen molar-refractivity contribution in [2.45, 2.75) is 65.5 Å². The van der Waals surface area contributed by atoms with E-state index in [1.54, 1.807) is 7.05 Å². The van der Waals surface area contributed by atoms with Crippen LogP contribution in [0.25, 0.3) is 0 Å². The zero-order valence-corrected chi connectivity index (χ0v) is 19.0. The van der Waals surface area contributed by atoms with Gasteiger partial charge in [-0.1, -0.05) is 57.2 Å². The number of likely N-dealkylation sites (N-methyl/N-ethyl adjacent to an activating group) is 1. The van der Waals surface area contributed by atoms with E-state index < -0.39 is 5.50 Å². The summed E-state index contributed by atoms with van der Waals surface area (Å²) in [5.74, 6) is 2.27. The molecule has 1 aliphatic rings. The molecule has 0 spiro atoms. The zero-order chi connectivity index (χ0) is 22.1. The molecular weight excluding hydrogens is 363 g/mol. The SMILES string of the molecule is C\C=C/C=C\C=C\CN(CC1CB(C#N)C(C)(C)O1)NC(=O)C(NC)C(C)(C)C. The molecule has 0 aliphatic carbocycles. The number of ether oxygens (including phenoxy) is 1. The first-order chi connectivity index (χ1) is 13.5. The predicted molar refractivity (Wildman–Crippen MR) is 120 cm³/mol. The highest BCUT2D eigenvalue weighted by molar-refractivity contribution is 6.70. The van der Waals surface area contributed by atoms with Gasteiger partial charge in [0.1, 0.15) is 0 Å². The van der Waals surface area contributed by atoms with Gasteiger partial charge in [0.15, 0.2) is 0 Å². The molecule has 2 unspecified atom stereocenters. The highest BCUT2D eigenvalue weighted by Gasteiger charge is 2.46. The Morgan fingerprint density at radius 3 is 2.52 bits per heavy atom. The Morgan fingerprint density at radius 1 is 1.34 bits per heavy atom. The van der Waals surface area contributed by atoms with Crippen LogP contribution >= 0.6 is 0 Å². The zero-order valence-electron chi connectivity index (χ0n) is 19.0. The topological polar surface area (TPSA) is 77.4 Å². The van der Waals surface area contributed by atoms with Gasteiger partial charge in [-0.15, -0.1) is 0 Å². The van der Waals surface area contributed by atoms with Gasteiger partial charge >= 0.3 is 6.71 Å². The minimum Gasteiger partial charge on any atom is -0.378 e. The van der Waals surface area contributed by atoms with E-state index in [4.69, 9.17) is 4.74 Å². The van der Waals surface area contributed by atoms with Gasteiger partial charge in [0.05, 0.1) is 17.6 Å². The molecule has 1 heterocycles. The Kier molecular flexibility index (Phi) is 9.84. The average Bonchev–Trinajstić information content (AvgIpc) is 2.90. The summed E-state index contributed by atoms with van der Waals surface area (Å²) in [5, 5.41) is 14.4. The number of amides is 1. The number of hydrogen-bond acceptors (Lipinski definition) is 5. The minimum atomic E-state index is -0.473. The molecule has 7 heteroatoms. The van der Waals surface area contributed by atoms with Gasteiger partial charge in [-0.2, -0.15) is 0 Å². The molecule has 2 atom stereocenters. The molecule has 0 bridgehead atoms. The number of hydrazine groups is 1. The van der Waals surface area contributed by atoms with Gasteiger partial charge in [0.2, 0.25) is 0 Å². The van der Waals surface area contributed by atoms with Crippen molar-refractivity contribution in [1.29, 1.82) is 5.26 Å². The summed E-state index contributed by atoms with van der Waals surface area (Å²) in [7, 11) is 1.80. The van der Waals surface area contributed by atoms with Crippen LogP contribution < -0.4 is 10.7 Å². The lowest BCUT2D eigenvalue weighted by Crippen LogP contribution is -2.56. The standard InChI is InChI=1S/C22H37BN4O2/c1-8-9-10-11-12-13-14-27(26-20(28)19(25-7)21(2,3)4)16-18-15-23(17-24)22(5,6)29-18/h8-13,18-19,25H,14-16H2,1-7H3,(H,26,28)/b9-8-,11-10-,13-12+. The Morgan fingerprint density at radius 2 is 2.00 bits per heavy atom. The first-order valence-electron chi connectivity index (χ1n) is 10.3. The van der Waals surface area contributed by atoms with Crippen molar-refractivity contribution in [3.05, 3.63) is 36.5 Å². The molecule has 1 fully saturated rings. The first-order valence-corrected chi connectivity index (χ1v) is 10.3. The van der Waals surface area contributed by atoms with Crippen molar-refractivity contribution in [2.75, 3.05) is 20.1 Å². The van der Waals surface area contributed by atoms with Crippen LogP contribution in [0.2, 0.25) is 6.32 Å². The highest BCUT2D eigenvalue weighted by Crippen LogP contribution is 2.29. The molecule has 6 nitrogen and oxygen atoms in total. The second-order valence-corrected chi connectivity index (χ2v) is 9.07. The second kappa shape index (κ2) is 11.3. The maximum absolute atomic E-state index is 12.9. The van der Waals surface area contributed by atoms with E-state index >= 15 is 0 Å². The summed E-state index contributed by atoms with van der Waals surface area (Å²) in [4.78, 5) is 12.9. The summed E-state index contributed by atoms with van der Waals surface area (Å²) < 4.78 is 6.10. The molecule has 1 rings (SSSR count). The Balaban J connectivity index is 2.86. The third-order valence-electron chi connectivity index (χ3n) is 5.06. The lowest BCUT2D eigenvalue weighted by atomic mass is 9.40. The summed E-state index contributed by atoms with van der Waals surface area (Å²) in [6, 6.07) is -0.323. The molecule has 1 aliphatic heterocycles. The maximum Gasteiger partial charge on any atom is 0.304 e. The van der Waals surface area contributed by atoms with Gasteiger partial charge in [-0.25, -0.2) is 10.3 Å². The Bertz CT molecular complexity index is 659. The monoisotopic (exact) mass is 400 g/mol. The number of nitriles is 1. The van der Waals surface area contributed by atoms with Crippen molar-refractivity contribution < 1.29 is 9.53 Å². The van der Waals surface area contributed by atoms with Crippen molar-refractivity contribution in [3.8, 4) is 5.97 Å². The fourth-order valence-electron chi connectivity index (χ4n) is 3.52. The Labute approximate surface area is 177 Å². The van der Waals surface area contributed by atoms with E-state index in [0.29, 0.717) is 19.4 Å². The third kappa shape index (κ3) is 8.18. The number of carbonyl (C=O) groups is 1. The van der Waals surface area contributed by atoms with Crippen LogP contribution in [0.5, 0.6) is 0 Å². The molecule has 1 amide bonds. The minimum absolute atomic E-state index is 0.0769. The number of carbonyl (C=O) groups excluding carboxylic acids is 1. The van der Waals surface area contributed by atoms with Crippen molar-refractivity contribution in [2.24, 2.45) is 5.41 Å². The van der Waals surface area contributed by atoms with E-state index in [1.165, 1.54) is 0 Å². The lowest BCUT2D eigenvalue weighted by molar-refractivity contribution is -0.131. The third-order valence-corrected chi connectivity index (χ3v) is 5.06. The van der Waals surface area contributed by atoms with E-state index in [2.05, 4.69) is 16.7 Å². The van der Waals surface area contributed by atoms with Crippen molar-refractivity contribution in [1.82, 2.24) is 15.8 Å². The number of allylic oxidation sites excluding steroid dienone is 5. The van der Waals surface area contributed by atoms with Crippen molar-refractivity contribution in [3.63, 3.8) is 0 Å². The van der Waals surface area contributed by atoms with Gasteiger partial charge in [0.25, 0.3) is 5.91 Å². The van der Waals surface area contributed by atoms with E-state index in [-0.39, 0.29) is 30.2 Å². The molecule has 160 valence electrons. The molecule has 1 saturated heterocycles. The van der Waals surface area contributed by atoms with Crippen LogP contribution in [-0.4, -0.2) is 55.4 Å².